The van der Waals surface area contributed by atoms with E-state index in [0.29, 0.717) is 6.42 Å². The van der Waals surface area contributed by atoms with Gasteiger partial charge < -0.3 is 20.1 Å². The number of nitrogens with two attached hydrogens (primary N) is 1. The van der Waals surface area contributed by atoms with Crippen LogP contribution in [-0.2, 0) is 32.7 Å². The third-order valence-corrected chi connectivity index (χ3v) is 16.4. The first-order chi connectivity index (χ1) is 44.8. The van der Waals surface area contributed by atoms with Crippen LogP contribution in [0.25, 0.3) is 0 Å². The second kappa shape index (κ2) is 74.7. The molecule has 3 N–H and O–H groups in total. The van der Waals surface area contributed by atoms with E-state index in [9.17, 15) is 19.0 Å². The van der Waals surface area contributed by atoms with Crippen LogP contribution in [-0.4, -0.2) is 49.3 Å². The fourth-order valence-electron chi connectivity index (χ4n) is 9.97. The summed E-state index contributed by atoms with van der Waals surface area (Å²) in [5, 5.41) is 0. The topological polar surface area (TPSA) is 134 Å². The molecule has 0 aliphatic rings. The Hall–Kier alpha value is -4.37. The molecule has 0 spiro atoms. The van der Waals surface area contributed by atoms with E-state index < -0.39 is 32.5 Å². The highest BCUT2D eigenvalue weighted by Crippen LogP contribution is 2.43. The van der Waals surface area contributed by atoms with E-state index in [0.717, 1.165) is 109 Å². The van der Waals surface area contributed by atoms with E-state index in [4.69, 9.17) is 24.3 Å². The van der Waals surface area contributed by atoms with Crippen molar-refractivity contribution >= 4 is 19.8 Å². The van der Waals surface area contributed by atoms with E-state index in [1.54, 1.807) is 0 Å². The number of hydrogen-bond donors (Lipinski definition) is 2. The fraction of sp³-hybridized carbons (Fsp3) is 0.654. The molecule has 0 saturated carbocycles. The van der Waals surface area contributed by atoms with Gasteiger partial charge in [-0.25, -0.2) is 4.57 Å². The van der Waals surface area contributed by atoms with E-state index in [1.165, 1.54) is 167 Å². The minimum absolute atomic E-state index is 0.0393. The second-order valence-electron chi connectivity index (χ2n) is 24.1. The van der Waals surface area contributed by atoms with Crippen LogP contribution in [0.3, 0.4) is 0 Å². The van der Waals surface area contributed by atoms with Gasteiger partial charge in [-0.05, 0) is 128 Å². The molecule has 0 heterocycles. The van der Waals surface area contributed by atoms with Crippen molar-refractivity contribution in [3.8, 4) is 0 Å². The van der Waals surface area contributed by atoms with E-state index in [1.807, 2.05) is 0 Å². The molecular weight excluding hydrogens is 1150 g/mol. The fourth-order valence-corrected chi connectivity index (χ4v) is 10.7. The smallest absolute Gasteiger partial charge is 0.462 e. The molecule has 0 fully saturated rings. The minimum atomic E-state index is -4.42. The summed E-state index contributed by atoms with van der Waals surface area (Å²) < 4.78 is 33.1. The van der Waals surface area contributed by atoms with Gasteiger partial charge in [-0.2, -0.15) is 0 Å². The standard InChI is InChI=1S/C81H136NO8P/c1-3-5-7-9-11-13-15-17-19-21-23-25-27-29-31-33-35-36-37-38-39-40-41-42-44-46-48-50-52-54-56-58-60-62-64-66-68-70-72-74-81(84)90-79(78-89-91(85,86)88-76-75-82)77-87-80(83)73-71-69-67-65-63-61-59-57-55-53-51-49-47-45-43-34-32-30-28-26-24-22-20-18-16-14-12-10-8-6-4-2/h5,7,11,13,17,19,22-25,29,31,35-36,38-39,41-42,46,48,52,54,58,60,64,66,79H,3-4,6,8-10,12,14-16,18,20-21,26-28,30,32-34,37,40,43-45,47,49-51,53,55-57,59,61-63,65,67-78,82H2,1-2H3,(H,85,86)/b7-5-,13-11-,19-17-,24-22-,25-23-,31-29-,36-35-,39-38-,42-41-,48-46-,54-52-,60-58-,66-64-. The molecule has 0 radical (unpaired) electrons. The van der Waals surface area contributed by atoms with Crippen LogP contribution >= 0.6 is 7.82 Å². The van der Waals surface area contributed by atoms with Gasteiger partial charge >= 0.3 is 19.8 Å². The maximum Gasteiger partial charge on any atom is 0.472 e. The SMILES string of the molecule is CC/C=C\C/C=C\C/C=C\C/C=C\C/C=C\C/C=C\C/C=C\C/C=C\C/C=C\C/C=C\C/C=C\C/C=C\CCCCC(=O)OC(COC(=O)CCCCCCCCCCCCCCCCCCCCC/C=C\CCCCCCCCCC)COP(=O)(O)OCCN. The number of unbranched alkanes of at least 4 members (excludes halogenated alkanes) is 29. The number of hydrogen-bond acceptors (Lipinski definition) is 8. The maximum absolute atomic E-state index is 12.8. The van der Waals surface area contributed by atoms with Crippen LogP contribution in [0.15, 0.2) is 158 Å². The van der Waals surface area contributed by atoms with Crippen LogP contribution in [0, 0.1) is 0 Å². The predicted molar refractivity (Wildman–Crippen MR) is 394 cm³/mol. The summed E-state index contributed by atoms with van der Waals surface area (Å²) in [4.78, 5) is 35.4. The lowest BCUT2D eigenvalue weighted by atomic mass is 10.0. The van der Waals surface area contributed by atoms with E-state index in [-0.39, 0.29) is 32.6 Å². The molecule has 10 heteroatoms. The van der Waals surface area contributed by atoms with Crippen LogP contribution in [0.4, 0.5) is 0 Å². The molecule has 0 aromatic carbocycles. The summed E-state index contributed by atoms with van der Waals surface area (Å²) in [6.45, 7) is 3.59. The number of phosphoric ester groups is 1. The number of carbonyl (C=O) groups excluding carboxylic acids is 2. The highest BCUT2D eigenvalue weighted by molar-refractivity contribution is 7.47. The van der Waals surface area contributed by atoms with Gasteiger partial charge in [0.05, 0.1) is 13.2 Å². The molecule has 518 valence electrons. The van der Waals surface area contributed by atoms with Crippen LogP contribution in [0.2, 0.25) is 0 Å². The van der Waals surface area contributed by atoms with Crippen molar-refractivity contribution < 1.29 is 37.6 Å². The molecule has 2 unspecified atom stereocenters. The Morgan fingerprint density at radius 1 is 0.341 bits per heavy atom. The molecule has 0 aromatic heterocycles. The third kappa shape index (κ3) is 74.5. The van der Waals surface area contributed by atoms with Gasteiger partial charge in [0.25, 0.3) is 0 Å². The normalized spacial score (nSPS) is 13.8. The van der Waals surface area contributed by atoms with E-state index >= 15 is 0 Å². The maximum atomic E-state index is 12.8. The summed E-state index contributed by atoms with van der Waals surface area (Å²) in [6.07, 6.45) is 109. The number of rotatable bonds is 68. The Morgan fingerprint density at radius 3 is 0.934 bits per heavy atom. The Kier molecular flexibility index (Phi) is 71.1. The zero-order valence-electron chi connectivity index (χ0n) is 58.3. The Morgan fingerprint density at radius 2 is 0.604 bits per heavy atom. The lowest BCUT2D eigenvalue weighted by molar-refractivity contribution is -0.161. The summed E-state index contributed by atoms with van der Waals surface area (Å²) >= 11 is 0. The molecule has 0 amide bonds. The van der Waals surface area contributed by atoms with Gasteiger partial charge in [0.15, 0.2) is 6.10 Å². The van der Waals surface area contributed by atoms with Crippen molar-refractivity contribution in [3.05, 3.63) is 158 Å². The molecule has 0 rings (SSSR count). The third-order valence-electron chi connectivity index (χ3n) is 15.4. The monoisotopic (exact) mass is 1280 g/mol. The molecule has 0 saturated heterocycles. The zero-order chi connectivity index (χ0) is 65.8. The number of carbonyl (C=O) groups is 2. The summed E-state index contributed by atoms with van der Waals surface area (Å²) in [6, 6.07) is 0. The summed E-state index contributed by atoms with van der Waals surface area (Å²) in [5.41, 5.74) is 5.40. The largest absolute Gasteiger partial charge is 0.472 e. The van der Waals surface area contributed by atoms with Crippen molar-refractivity contribution in [3.63, 3.8) is 0 Å². The highest BCUT2D eigenvalue weighted by Gasteiger charge is 2.26. The van der Waals surface area contributed by atoms with Crippen LogP contribution in [0.1, 0.15) is 309 Å². The Labute approximate surface area is 559 Å². The van der Waals surface area contributed by atoms with Gasteiger partial charge in [-0.3, -0.25) is 18.6 Å². The second-order valence-corrected chi connectivity index (χ2v) is 25.5. The molecule has 0 aliphatic carbocycles. The van der Waals surface area contributed by atoms with E-state index in [2.05, 4.69) is 172 Å². The zero-order valence-corrected chi connectivity index (χ0v) is 59.2. The molecule has 91 heavy (non-hydrogen) atoms. The first-order valence-corrected chi connectivity index (χ1v) is 38.5. The minimum Gasteiger partial charge on any atom is -0.462 e. The predicted octanol–water partition coefficient (Wildman–Crippen LogP) is 24.7. The quantitative estimate of drug-likeness (QED) is 0.0264. The number of ether oxygens (including phenoxy) is 2. The number of allylic oxidation sites excluding steroid dienone is 26. The van der Waals surface area contributed by atoms with Gasteiger partial charge in [0, 0.05) is 19.4 Å². The van der Waals surface area contributed by atoms with Gasteiger partial charge in [0.2, 0.25) is 0 Å². The lowest BCUT2D eigenvalue weighted by Crippen LogP contribution is -2.29. The molecule has 2 atom stereocenters. The number of esters is 2. The summed E-state index contributed by atoms with van der Waals surface area (Å²) in [5.74, 6) is -0.880. The molecule has 0 aliphatic heterocycles. The number of phosphoric acid groups is 1. The first kappa shape index (κ1) is 86.6. The molecular formula is C81H136NO8P. The molecule has 0 aromatic rings. The average molecular weight is 1280 g/mol. The van der Waals surface area contributed by atoms with Crippen molar-refractivity contribution in [1.82, 2.24) is 0 Å². The van der Waals surface area contributed by atoms with Gasteiger partial charge in [0.1, 0.15) is 6.61 Å². The molecule has 0 bridgehead atoms. The van der Waals surface area contributed by atoms with Crippen LogP contribution < -0.4 is 5.73 Å². The average Bonchev–Trinajstić information content (AvgIpc) is 3.71. The van der Waals surface area contributed by atoms with Crippen molar-refractivity contribution in [2.45, 2.75) is 315 Å². The van der Waals surface area contributed by atoms with Crippen LogP contribution in [0.5, 0.6) is 0 Å². The van der Waals surface area contributed by atoms with Gasteiger partial charge in [-0.1, -0.05) is 326 Å². The Balaban J connectivity index is 4.00. The molecule has 9 nitrogen and oxygen atoms in total. The first-order valence-electron chi connectivity index (χ1n) is 37.0. The highest BCUT2D eigenvalue weighted by atomic mass is 31.2. The van der Waals surface area contributed by atoms with Crippen molar-refractivity contribution in [2.75, 3.05) is 26.4 Å². The van der Waals surface area contributed by atoms with Crippen molar-refractivity contribution in [2.24, 2.45) is 5.73 Å². The summed E-state index contributed by atoms with van der Waals surface area (Å²) in [7, 11) is -4.42. The Bertz CT molecular complexity index is 2050. The van der Waals surface area contributed by atoms with Crippen molar-refractivity contribution in [1.29, 1.82) is 0 Å². The van der Waals surface area contributed by atoms with Gasteiger partial charge in [-0.15, -0.1) is 0 Å². The lowest BCUT2D eigenvalue weighted by Gasteiger charge is -2.19.